The molecule has 0 heterocycles. The number of hydrogen-bond donors (Lipinski definition) is 0. The lowest BCUT2D eigenvalue weighted by Crippen LogP contribution is -2.40. The molecule has 0 spiro atoms. The summed E-state index contributed by atoms with van der Waals surface area (Å²) < 4.78 is 6.37. The standard InChI is InChI=1S/C24H32O2Si/c1-5-12-23(26-18-21-13-8-6-9-14-21)24(17-20(2)25)27(3,4)19-22-15-10-7-11-16-22/h6-11,13-17,23H,5,12,18-19H2,1-4H3/b24-17-. The van der Waals surface area contributed by atoms with Gasteiger partial charge in [0, 0.05) is 0 Å². The van der Waals surface area contributed by atoms with E-state index in [2.05, 4.69) is 56.4 Å². The van der Waals surface area contributed by atoms with Crippen molar-refractivity contribution in [2.24, 2.45) is 0 Å². The summed E-state index contributed by atoms with van der Waals surface area (Å²) in [6, 6.07) is 21.9. The minimum atomic E-state index is -1.86. The van der Waals surface area contributed by atoms with E-state index in [0.29, 0.717) is 6.61 Å². The molecule has 2 aromatic carbocycles. The first-order valence-corrected chi connectivity index (χ1v) is 13.0. The molecule has 0 aromatic heterocycles. The lowest BCUT2D eigenvalue weighted by atomic mass is 10.1. The van der Waals surface area contributed by atoms with Gasteiger partial charge in [-0.1, -0.05) is 92.7 Å². The molecule has 144 valence electrons. The zero-order chi connectivity index (χ0) is 19.7. The molecule has 0 aliphatic rings. The van der Waals surface area contributed by atoms with Gasteiger partial charge in [-0.2, -0.15) is 0 Å². The lowest BCUT2D eigenvalue weighted by Gasteiger charge is -2.32. The fourth-order valence-electron chi connectivity index (χ4n) is 3.51. The normalized spacial score (nSPS) is 13.4. The minimum Gasteiger partial charge on any atom is -0.370 e. The zero-order valence-electron chi connectivity index (χ0n) is 17.1. The van der Waals surface area contributed by atoms with Gasteiger partial charge in [-0.25, -0.2) is 0 Å². The average molecular weight is 381 g/mol. The van der Waals surface area contributed by atoms with Crippen molar-refractivity contribution >= 4 is 13.9 Å². The van der Waals surface area contributed by atoms with Crippen LogP contribution in [0.4, 0.5) is 0 Å². The topological polar surface area (TPSA) is 26.3 Å². The first-order valence-electron chi connectivity index (χ1n) is 9.84. The van der Waals surface area contributed by atoms with Gasteiger partial charge in [0.2, 0.25) is 0 Å². The summed E-state index contributed by atoms with van der Waals surface area (Å²) in [5.41, 5.74) is 2.50. The molecule has 2 rings (SSSR count). The Balaban J connectivity index is 2.25. The maximum Gasteiger partial charge on any atom is 0.152 e. The number of ether oxygens (including phenoxy) is 1. The Bertz CT molecular complexity index is 735. The predicted octanol–water partition coefficient (Wildman–Crippen LogP) is 5.92. The number of benzene rings is 2. The average Bonchev–Trinajstić information content (AvgIpc) is 2.64. The minimum absolute atomic E-state index is 0.00415. The smallest absolute Gasteiger partial charge is 0.152 e. The third kappa shape index (κ3) is 6.93. The highest BCUT2D eigenvalue weighted by atomic mass is 28.3. The molecule has 0 aliphatic heterocycles. The molecule has 0 radical (unpaired) electrons. The van der Waals surface area contributed by atoms with Gasteiger partial charge in [-0.3, -0.25) is 4.79 Å². The Hall–Kier alpha value is -1.97. The molecule has 0 amide bonds. The van der Waals surface area contributed by atoms with E-state index in [1.807, 2.05) is 30.3 Å². The van der Waals surface area contributed by atoms with Crippen LogP contribution in [0.2, 0.25) is 13.1 Å². The van der Waals surface area contributed by atoms with Crippen LogP contribution in [0.25, 0.3) is 0 Å². The van der Waals surface area contributed by atoms with Gasteiger partial charge >= 0.3 is 0 Å². The van der Waals surface area contributed by atoms with Crippen LogP contribution < -0.4 is 0 Å². The largest absolute Gasteiger partial charge is 0.370 e. The molecule has 0 saturated carbocycles. The van der Waals surface area contributed by atoms with Gasteiger partial charge in [0.1, 0.15) is 0 Å². The van der Waals surface area contributed by atoms with Crippen LogP contribution in [-0.2, 0) is 22.2 Å². The molecule has 27 heavy (non-hydrogen) atoms. The molecule has 3 heteroatoms. The van der Waals surface area contributed by atoms with Crippen LogP contribution in [0.5, 0.6) is 0 Å². The summed E-state index contributed by atoms with van der Waals surface area (Å²) in [7, 11) is -1.86. The van der Waals surface area contributed by atoms with Gasteiger partial charge in [0.05, 0.1) is 20.8 Å². The first kappa shape index (κ1) is 21.3. The molecule has 0 N–H and O–H groups in total. The summed E-state index contributed by atoms with van der Waals surface area (Å²) in [6.45, 7) is 9.10. The van der Waals surface area contributed by atoms with Gasteiger partial charge in [-0.15, -0.1) is 0 Å². The van der Waals surface area contributed by atoms with E-state index in [1.54, 1.807) is 6.92 Å². The Morgan fingerprint density at radius 2 is 1.56 bits per heavy atom. The van der Waals surface area contributed by atoms with Crippen molar-refractivity contribution in [1.29, 1.82) is 0 Å². The zero-order valence-corrected chi connectivity index (χ0v) is 18.1. The molecule has 0 fully saturated rings. The van der Waals surface area contributed by atoms with Gasteiger partial charge in [-0.05, 0) is 36.2 Å². The van der Waals surface area contributed by atoms with E-state index >= 15 is 0 Å². The Morgan fingerprint density at radius 3 is 2.07 bits per heavy atom. The van der Waals surface area contributed by atoms with Crippen LogP contribution in [0, 0.1) is 0 Å². The monoisotopic (exact) mass is 380 g/mol. The van der Waals surface area contributed by atoms with E-state index in [-0.39, 0.29) is 11.9 Å². The quantitative estimate of drug-likeness (QED) is 0.378. The molecule has 0 bridgehead atoms. The second-order valence-electron chi connectivity index (χ2n) is 7.83. The first-order chi connectivity index (χ1) is 12.9. The van der Waals surface area contributed by atoms with Gasteiger partial charge in [0.15, 0.2) is 5.78 Å². The van der Waals surface area contributed by atoms with Crippen molar-refractivity contribution in [2.45, 2.75) is 58.5 Å². The molecule has 2 nitrogen and oxygen atoms in total. The number of hydrogen-bond acceptors (Lipinski definition) is 2. The highest BCUT2D eigenvalue weighted by molar-refractivity contribution is 6.84. The maximum atomic E-state index is 12.0. The second-order valence-corrected chi connectivity index (χ2v) is 12.5. The highest BCUT2D eigenvalue weighted by Gasteiger charge is 2.32. The van der Waals surface area contributed by atoms with Crippen LogP contribution in [-0.4, -0.2) is 20.0 Å². The number of carbonyl (C=O) groups is 1. The van der Waals surface area contributed by atoms with E-state index in [4.69, 9.17) is 4.74 Å². The molecular weight excluding hydrogens is 348 g/mol. The van der Waals surface area contributed by atoms with Crippen molar-refractivity contribution in [3.63, 3.8) is 0 Å². The van der Waals surface area contributed by atoms with Crippen molar-refractivity contribution in [2.75, 3.05) is 0 Å². The van der Waals surface area contributed by atoms with Crippen molar-refractivity contribution in [1.82, 2.24) is 0 Å². The van der Waals surface area contributed by atoms with Crippen molar-refractivity contribution < 1.29 is 9.53 Å². The van der Waals surface area contributed by atoms with Gasteiger partial charge in [0.25, 0.3) is 0 Å². The fourth-order valence-corrected chi connectivity index (χ4v) is 6.67. The summed E-state index contributed by atoms with van der Waals surface area (Å²) >= 11 is 0. The van der Waals surface area contributed by atoms with Crippen molar-refractivity contribution in [3.8, 4) is 0 Å². The van der Waals surface area contributed by atoms with Crippen LogP contribution in [0.15, 0.2) is 71.9 Å². The fraction of sp³-hybridized carbons (Fsp3) is 0.375. The molecule has 1 atom stereocenters. The summed E-state index contributed by atoms with van der Waals surface area (Å²) in [6.07, 6.45) is 3.84. The summed E-state index contributed by atoms with van der Waals surface area (Å²) in [5.74, 6) is 0.114. The summed E-state index contributed by atoms with van der Waals surface area (Å²) in [4.78, 5) is 12.0. The number of carbonyl (C=O) groups excluding carboxylic acids is 1. The Labute approximate surface area is 165 Å². The van der Waals surface area contributed by atoms with E-state index in [0.717, 1.165) is 18.9 Å². The third-order valence-electron chi connectivity index (χ3n) is 4.82. The Kier molecular flexibility index (Phi) is 8.20. The second kappa shape index (κ2) is 10.4. The van der Waals surface area contributed by atoms with E-state index in [9.17, 15) is 4.79 Å². The molecule has 2 aromatic rings. The highest BCUT2D eigenvalue weighted by Crippen LogP contribution is 2.28. The van der Waals surface area contributed by atoms with E-state index in [1.165, 1.54) is 16.3 Å². The number of ketones is 1. The number of allylic oxidation sites excluding steroid dienone is 1. The van der Waals surface area contributed by atoms with Crippen LogP contribution in [0.3, 0.4) is 0 Å². The van der Waals surface area contributed by atoms with Crippen LogP contribution in [0.1, 0.15) is 37.8 Å². The maximum absolute atomic E-state index is 12.0. The molecular formula is C24H32O2Si. The SMILES string of the molecule is CCCC(OCc1ccccc1)/C(=C/C(C)=O)[Si](C)(C)Cc1ccccc1. The lowest BCUT2D eigenvalue weighted by molar-refractivity contribution is -0.112. The molecule has 0 aliphatic carbocycles. The molecule has 0 saturated heterocycles. The van der Waals surface area contributed by atoms with Crippen LogP contribution >= 0.6 is 0 Å². The predicted molar refractivity (Wildman–Crippen MR) is 116 cm³/mol. The van der Waals surface area contributed by atoms with Gasteiger partial charge < -0.3 is 4.74 Å². The third-order valence-corrected chi connectivity index (χ3v) is 8.14. The summed E-state index contributed by atoms with van der Waals surface area (Å²) in [5, 5.41) is 1.23. The molecule has 1 unspecified atom stereocenters. The Morgan fingerprint density at radius 1 is 1.00 bits per heavy atom. The number of rotatable bonds is 10. The van der Waals surface area contributed by atoms with E-state index < -0.39 is 8.07 Å². The van der Waals surface area contributed by atoms with Crippen molar-refractivity contribution in [3.05, 3.63) is 83.1 Å².